The zero-order chi connectivity index (χ0) is 33.4. The summed E-state index contributed by atoms with van der Waals surface area (Å²) in [4.78, 5) is 43.2. The Hall–Kier alpha value is -3.89. The van der Waals surface area contributed by atoms with Crippen molar-refractivity contribution in [1.82, 2.24) is 15.5 Å². The Morgan fingerprint density at radius 1 is 0.958 bits per heavy atom. The second-order valence-electron chi connectivity index (χ2n) is 12.4. The van der Waals surface area contributed by atoms with Gasteiger partial charge in [0.2, 0.25) is 11.8 Å². The van der Waals surface area contributed by atoms with E-state index in [1.807, 2.05) is 36.4 Å². The first-order valence-electron chi connectivity index (χ1n) is 16.0. The maximum absolute atomic E-state index is 14.5. The number of ether oxygens (including phenoxy) is 1. The van der Waals surface area contributed by atoms with Gasteiger partial charge in [0.25, 0.3) is 5.91 Å². The van der Waals surface area contributed by atoms with Gasteiger partial charge in [-0.2, -0.15) is 0 Å². The summed E-state index contributed by atoms with van der Waals surface area (Å²) in [5, 5.41) is 10.2. The highest BCUT2D eigenvalue weighted by molar-refractivity contribution is 9.10. The molecule has 0 radical (unpaired) electrons. The molecule has 4 aromatic rings. The Bertz CT molecular complexity index is 1900. The van der Waals surface area contributed by atoms with E-state index < -0.39 is 17.4 Å². The van der Waals surface area contributed by atoms with Gasteiger partial charge in [0.15, 0.2) is 0 Å². The van der Waals surface area contributed by atoms with Crippen molar-refractivity contribution >= 4 is 62.5 Å². The number of carbonyl (C=O) groups is 3. The van der Waals surface area contributed by atoms with Crippen LogP contribution in [-0.2, 0) is 15.0 Å². The molecule has 0 aliphatic carbocycles. The second-order valence-corrected chi connectivity index (χ2v) is 14.2. The fraction of sp³-hybridized carbons (Fsp3) is 0.270. The summed E-state index contributed by atoms with van der Waals surface area (Å²) in [6, 6.07) is 24.3. The summed E-state index contributed by atoms with van der Waals surface area (Å²) in [6.07, 6.45) is 2.49. The van der Waals surface area contributed by atoms with E-state index in [2.05, 4.69) is 36.8 Å². The smallest absolute Gasteiger partial charge is 0.251 e. The number of benzene rings is 4. The highest BCUT2D eigenvalue weighted by Gasteiger charge is 2.61. The molecule has 4 aromatic carbocycles. The van der Waals surface area contributed by atoms with E-state index >= 15 is 0 Å². The number of nitrogens with one attached hydrogen (secondary N) is 3. The van der Waals surface area contributed by atoms with Crippen molar-refractivity contribution < 1.29 is 19.1 Å². The van der Waals surface area contributed by atoms with E-state index in [4.69, 9.17) is 27.9 Å². The largest absolute Gasteiger partial charge is 0.457 e. The molecule has 246 valence electrons. The van der Waals surface area contributed by atoms with Crippen LogP contribution in [0.4, 0.5) is 5.69 Å². The molecular formula is C37H33BrCl2N4O4. The fourth-order valence-corrected chi connectivity index (χ4v) is 8.09. The molecule has 0 aromatic heterocycles. The molecule has 7 rings (SSSR count). The average molecular weight is 749 g/mol. The Labute approximate surface area is 297 Å². The minimum Gasteiger partial charge on any atom is -0.457 e. The van der Waals surface area contributed by atoms with Crippen molar-refractivity contribution in [2.24, 2.45) is 0 Å². The van der Waals surface area contributed by atoms with Crippen LogP contribution in [0.2, 0.25) is 10.0 Å². The first kappa shape index (κ1) is 32.6. The number of fused-ring (bicyclic) bond motifs is 2. The molecule has 8 nitrogen and oxygen atoms in total. The predicted octanol–water partition coefficient (Wildman–Crippen LogP) is 7.61. The van der Waals surface area contributed by atoms with Crippen molar-refractivity contribution in [3.8, 4) is 11.5 Å². The number of piperidine rings is 1. The number of likely N-dealkylation sites (tertiary alicyclic amines) is 1. The number of carbonyl (C=O) groups excluding carboxylic acids is 3. The van der Waals surface area contributed by atoms with E-state index in [9.17, 15) is 14.4 Å². The van der Waals surface area contributed by atoms with Gasteiger partial charge < -0.3 is 25.6 Å². The number of amides is 3. The number of hydrogen-bond donors (Lipinski definition) is 3. The van der Waals surface area contributed by atoms with Gasteiger partial charge in [0, 0.05) is 56.8 Å². The molecule has 0 saturated carbocycles. The molecule has 1 spiro atoms. The van der Waals surface area contributed by atoms with Gasteiger partial charge in [-0.3, -0.25) is 14.4 Å². The van der Waals surface area contributed by atoms with Crippen LogP contribution in [0, 0.1) is 0 Å². The lowest BCUT2D eigenvalue weighted by Gasteiger charge is -2.46. The fourth-order valence-electron chi connectivity index (χ4n) is 7.34. The maximum atomic E-state index is 14.5. The third-order valence-corrected chi connectivity index (χ3v) is 10.5. The molecule has 3 atom stereocenters. The van der Waals surface area contributed by atoms with Crippen LogP contribution < -0.4 is 20.7 Å². The van der Waals surface area contributed by atoms with Crippen molar-refractivity contribution in [2.75, 3.05) is 31.5 Å². The standard InChI is InChI=1S/C37H33BrCl2N4O4/c38-24-8-13-32(48-27-10-6-22(7-11-27)35(46)41-14-17-44-15-1-2-16-44)28(19-24)34-37(29-12-9-26(40)20-31(29)42-36(37)47)30(21-33(45)43-34)23-4-3-5-25(39)18-23/h3-13,18-20,30,34H,1-2,14-17,21H2,(H,41,46)(H,42,47)(H,43,45)/t30-,34+,37?/m0/s1. The van der Waals surface area contributed by atoms with Gasteiger partial charge in [0.05, 0.1) is 6.04 Å². The topological polar surface area (TPSA) is 99.8 Å². The number of rotatable bonds is 8. The lowest BCUT2D eigenvalue weighted by atomic mass is 9.59. The first-order valence-corrected chi connectivity index (χ1v) is 17.5. The molecule has 2 saturated heterocycles. The highest BCUT2D eigenvalue weighted by Crippen LogP contribution is 2.58. The van der Waals surface area contributed by atoms with Gasteiger partial charge in [0.1, 0.15) is 16.9 Å². The zero-order valence-corrected chi connectivity index (χ0v) is 29.0. The molecule has 0 bridgehead atoms. The molecule has 3 amide bonds. The van der Waals surface area contributed by atoms with Gasteiger partial charge >= 0.3 is 0 Å². The molecule has 48 heavy (non-hydrogen) atoms. The predicted molar refractivity (Wildman–Crippen MR) is 190 cm³/mol. The van der Waals surface area contributed by atoms with Crippen molar-refractivity contribution in [3.05, 3.63) is 122 Å². The summed E-state index contributed by atoms with van der Waals surface area (Å²) in [6.45, 7) is 3.59. The Morgan fingerprint density at radius 2 is 1.73 bits per heavy atom. The van der Waals surface area contributed by atoms with Gasteiger partial charge in [-0.25, -0.2) is 0 Å². The minimum absolute atomic E-state index is 0.0675. The normalized spacial score (nSPS) is 21.9. The van der Waals surface area contributed by atoms with Crippen molar-refractivity contribution in [2.45, 2.75) is 36.6 Å². The lowest BCUT2D eigenvalue weighted by Crippen LogP contribution is -2.56. The quantitative estimate of drug-likeness (QED) is 0.172. The van der Waals surface area contributed by atoms with E-state index in [0.29, 0.717) is 44.9 Å². The molecule has 2 fully saturated rings. The number of nitrogens with zero attached hydrogens (tertiary/aromatic N) is 1. The summed E-state index contributed by atoms with van der Waals surface area (Å²) in [5.41, 5.74) is 1.94. The number of halogens is 3. The number of hydrogen-bond acceptors (Lipinski definition) is 5. The summed E-state index contributed by atoms with van der Waals surface area (Å²) in [7, 11) is 0. The summed E-state index contributed by atoms with van der Waals surface area (Å²) < 4.78 is 7.20. The lowest BCUT2D eigenvalue weighted by molar-refractivity contribution is -0.131. The molecule has 1 unspecified atom stereocenters. The van der Waals surface area contributed by atoms with E-state index in [-0.39, 0.29) is 24.1 Å². The third-order valence-electron chi connectivity index (χ3n) is 9.54. The summed E-state index contributed by atoms with van der Waals surface area (Å²) in [5.74, 6) is -0.231. The summed E-state index contributed by atoms with van der Waals surface area (Å²) >= 11 is 16.4. The second kappa shape index (κ2) is 13.6. The van der Waals surface area contributed by atoms with Crippen LogP contribution in [-0.4, -0.2) is 48.8 Å². The van der Waals surface area contributed by atoms with Gasteiger partial charge in [-0.15, -0.1) is 0 Å². The minimum atomic E-state index is -1.27. The third kappa shape index (κ3) is 6.20. The first-order chi connectivity index (χ1) is 23.2. The monoisotopic (exact) mass is 746 g/mol. The van der Waals surface area contributed by atoms with E-state index in [0.717, 1.165) is 35.2 Å². The molecule has 11 heteroatoms. The maximum Gasteiger partial charge on any atom is 0.251 e. The Balaban J connectivity index is 1.24. The van der Waals surface area contributed by atoms with E-state index in [1.54, 1.807) is 48.5 Å². The van der Waals surface area contributed by atoms with Crippen LogP contribution in [0.3, 0.4) is 0 Å². The van der Waals surface area contributed by atoms with Gasteiger partial charge in [-0.1, -0.05) is 57.3 Å². The highest BCUT2D eigenvalue weighted by atomic mass is 79.9. The molecular weight excluding hydrogens is 715 g/mol. The van der Waals surface area contributed by atoms with Gasteiger partial charge in [-0.05, 0) is 104 Å². The van der Waals surface area contributed by atoms with Crippen LogP contribution in [0.5, 0.6) is 11.5 Å². The number of anilines is 1. The van der Waals surface area contributed by atoms with Crippen LogP contribution in [0.15, 0.2) is 89.4 Å². The molecule has 3 aliphatic rings. The Kier molecular flexibility index (Phi) is 9.22. The molecule has 3 aliphatic heterocycles. The van der Waals surface area contributed by atoms with E-state index in [1.165, 1.54) is 12.8 Å². The van der Waals surface area contributed by atoms with Crippen LogP contribution in [0.1, 0.15) is 58.3 Å². The van der Waals surface area contributed by atoms with Crippen molar-refractivity contribution in [1.29, 1.82) is 0 Å². The zero-order valence-electron chi connectivity index (χ0n) is 25.9. The SMILES string of the molecule is O=C1C[C@@H](c2cccc(Cl)c2)C2(C(=O)Nc3cc(Cl)ccc32)[C@@H](c2cc(Br)ccc2Oc2ccc(C(=O)NCCN3CCCC3)cc2)N1. The van der Waals surface area contributed by atoms with Crippen molar-refractivity contribution in [3.63, 3.8) is 0 Å². The molecule has 3 heterocycles. The molecule has 3 N–H and O–H groups in total. The van der Waals surface area contributed by atoms with Crippen LogP contribution >= 0.6 is 39.1 Å². The Morgan fingerprint density at radius 3 is 2.50 bits per heavy atom. The average Bonchev–Trinajstić information content (AvgIpc) is 3.69. The van der Waals surface area contributed by atoms with Crippen LogP contribution in [0.25, 0.3) is 0 Å².